The number of H-pyrrole nitrogens is 1. The van der Waals surface area contributed by atoms with Crippen LogP contribution in [0.5, 0.6) is 11.5 Å². The first-order valence-electron chi connectivity index (χ1n) is 8.27. The minimum atomic E-state index is -1.54. The number of hydrogen-bond acceptors (Lipinski definition) is 6. The van der Waals surface area contributed by atoms with Crippen LogP contribution in [0.2, 0.25) is 0 Å². The molecule has 0 fully saturated rings. The molecule has 0 aliphatic rings. The second-order valence-electron chi connectivity index (χ2n) is 5.78. The maximum atomic E-state index is 12.3. The maximum absolute atomic E-state index is 12.3. The monoisotopic (exact) mass is 396 g/mol. The quantitative estimate of drug-likeness (QED) is 0.444. The number of benzene rings is 2. The van der Waals surface area contributed by atoms with E-state index in [1.54, 1.807) is 42.5 Å². The number of anilines is 2. The molecule has 0 atom stereocenters. The van der Waals surface area contributed by atoms with E-state index in [4.69, 9.17) is 9.84 Å². The van der Waals surface area contributed by atoms with E-state index in [2.05, 4.69) is 20.6 Å². The van der Waals surface area contributed by atoms with Crippen LogP contribution in [0.4, 0.5) is 16.2 Å². The van der Waals surface area contributed by atoms with Gasteiger partial charge >= 0.3 is 12.0 Å². The molecule has 0 aliphatic heterocycles. The van der Waals surface area contributed by atoms with Crippen LogP contribution in [0.15, 0.2) is 53.3 Å². The summed E-state index contributed by atoms with van der Waals surface area (Å²) in [5.74, 6) is -2.10. The van der Waals surface area contributed by atoms with Crippen LogP contribution in [0.25, 0.3) is 11.4 Å². The van der Waals surface area contributed by atoms with E-state index in [9.17, 15) is 19.5 Å². The van der Waals surface area contributed by atoms with Gasteiger partial charge in [0.15, 0.2) is 5.69 Å². The Morgan fingerprint density at radius 3 is 2.59 bits per heavy atom. The Hall–Kier alpha value is -4.34. The van der Waals surface area contributed by atoms with Crippen molar-refractivity contribution in [3.05, 3.63) is 64.6 Å². The first-order chi connectivity index (χ1) is 13.9. The highest BCUT2D eigenvalue weighted by molar-refractivity contribution is 6.01. The third-order valence-electron chi connectivity index (χ3n) is 3.85. The van der Waals surface area contributed by atoms with Crippen LogP contribution < -0.4 is 20.9 Å². The lowest BCUT2D eigenvalue weighted by Crippen LogP contribution is -2.20. The second kappa shape index (κ2) is 8.13. The van der Waals surface area contributed by atoms with Crippen molar-refractivity contribution in [2.75, 3.05) is 17.7 Å². The number of aromatic amines is 1. The summed E-state index contributed by atoms with van der Waals surface area (Å²) in [6.07, 6.45) is 0. The predicted octanol–water partition coefficient (Wildman–Crippen LogP) is 2.49. The molecule has 10 nitrogen and oxygen atoms in total. The van der Waals surface area contributed by atoms with E-state index in [0.717, 1.165) is 0 Å². The number of rotatable bonds is 5. The van der Waals surface area contributed by atoms with Crippen molar-refractivity contribution in [1.82, 2.24) is 9.97 Å². The number of nitrogens with zero attached hydrogens (tertiary/aromatic N) is 1. The molecule has 0 unspecified atom stereocenters. The largest absolute Gasteiger partial charge is 0.501 e. The Morgan fingerprint density at radius 2 is 1.86 bits per heavy atom. The first kappa shape index (κ1) is 19.4. The molecule has 29 heavy (non-hydrogen) atoms. The van der Waals surface area contributed by atoms with Gasteiger partial charge in [-0.05, 0) is 24.3 Å². The number of aromatic carboxylic acids is 1. The third kappa shape index (κ3) is 4.33. The number of carboxylic acids is 1. The zero-order chi connectivity index (χ0) is 21.0. The van der Waals surface area contributed by atoms with Crippen LogP contribution in [0, 0.1) is 0 Å². The highest BCUT2D eigenvalue weighted by atomic mass is 16.5. The van der Waals surface area contributed by atoms with E-state index in [-0.39, 0.29) is 5.82 Å². The molecule has 0 spiro atoms. The molecule has 0 saturated heterocycles. The van der Waals surface area contributed by atoms with E-state index >= 15 is 0 Å². The van der Waals surface area contributed by atoms with Crippen LogP contribution >= 0.6 is 0 Å². The van der Waals surface area contributed by atoms with E-state index in [0.29, 0.717) is 22.7 Å². The number of hydrogen-bond donors (Lipinski definition) is 5. The van der Waals surface area contributed by atoms with Gasteiger partial charge in [0.05, 0.1) is 12.8 Å². The predicted molar refractivity (Wildman–Crippen MR) is 105 cm³/mol. The Kier molecular flexibility index (Phi) is 5.44. The Bertz CT molecular complexity index is 1140. The summed E-state index contributed by atoms with van der Waals surface area (Å²) in [4.78, 5) is 41.2. The van der Waals surface area contributed by atoms with Crippen LogP contribution in [-0.4, -0.2) is 39.3 Å². The molecule has 0 aliphatic carbocycles. The molecule has 10 heteroatoms. The number of carbonyl (C=O) groups excluding carboxylic acids is 1. The van der Waals surface area contributed by atoms with E-state index in [1.165, 1.54) is 13.2 Å². The van der Waals surface area contributed by atoms with Gasteiger partial charge in [-0.15, -0.1) is 0 Å². The smallest absolute Gasteiger partial charge is 0.358 e. The van der Waals surface area contributed by atoms with Crippen molar-refractivity contribution >= 4 is 23.4 Å². The molecule has 2 aromatic carbocycles. The van der Waals surface area contributed by atoms with Gasteiger partial charge in [0.1, 0.15) is 11.6 Å². The fraction of sp³-hybridized carbons (Fsp3) is 0.0526. The minimum Gasteiger partial charge on any atom is -0.501 e. The average Bonchev–Trinajstić information content (AvgIpc) is 2.70. The Labute approximate surface area is 163 Å². The number of urea groups is 1. The summed E-state index contributed by atoms with van der Waals surface area (Å²) in [7, 11) is 1.48. The van der Waals surface area contributed by atoms with Crippen molar-refractivity contribution in [3.63, 3.8) is 0 Å². The number of carboxylic acid groups (broad SMARTS) is 1. The average molecular weight is 396 g/mol. The summed E-state index contributed by atoms with van der Waals surface area (Å²) in [5.41, 5.74) is -0.586. The lowest BCUT2D eigenvalue weighted by Gasteiger charge is -2.11. The Morgan fingerprint density at radius 1 is 1.10 bits per heavy atom. The normalized spacial score (nSPS) is 10.2. The molecule has 0 radical (unpaired) electrons. The number of nitrogens with one attached hydrogen (secondary N) is 3. The molecule has 1 aromatic heterocycles. The highest BCUT2D eigenvalue weighted by Gasteiger charge is 2.17. The standard InChI is InChI=1S/C19H16N4O6/c1-29-13-8-3-2-7-12(13)21-19(28)20-11-6-4-5-10(9-11)16-22-14(18(26)27)15(24)17(25)23-16/h2-9,24H,1H3,(H,26,27)(H2,20,21,28)(H,22,23,25). The number of amides is 2. The number of carbonyl (C=O) groups is 2. The van der Waals surface area contributed by atoms with Crippen molar-refractivity contribution in [3.8, 4) is 22.9 Å². The number of aromatic nitrogens is 2. The van der Waals surface area contributed by atoms with Gasteiger partial charge in [-0.2, -0.15) is 0 Å². The first-order valence-corrected chi connectivity index (χ1v) is 8.27. The zero-order valence-electron chi connectivity index (χ0n) is 15.1. The molecule has 3 aromatic rings. The van der Waals surface area contributed by atoms with Crippen molar-refractivity contribution in [1.29, 1.82) is 0 Å². The molecular formula is C19H16N4O6. The summed E-state index contributed by atoms with van der Waals surface area (Å²) in [6.45, 7) is 0. The molecule has 0 saturated carbocycles. The van der Waals surface area contributed by atoms with Crippen molar-refractivity contribution < 1.29 is 24.5 Å². The highest BCUT2D eigenvalue weighted by Crippen LogP contribution is 2.24. The van der Waals surface area contributed by atoms with Crippen molar-refractivity contribution in [2.24, 2.45) is 0 Å². The fourth-order valence-electron chi connectivity index (χ4n) is 2.53. The number of ether oxygens (including phenoxy) is 1. The summed E-state index contributed by atoms with van der Waals surface area (Å²) in [5, 5.41) is 23.9. The molecule has 5 N–H and O–H groups in total. The third-order valence-corrected chi connectivity index (χ3v) is 3.85. The fourth-order valence-corrected chi connectivity index (χ4v) is 2.53. The van der Waals surface area contributed by atoms with Gasteiger partial charge in [-0.25, -0.2) is 14.6 Å². The minimum absolute atomic E-state index is 0.0704. The van der Waals surface area contributed by atoms with Crippen LogP contribution in [0.3, 0.4) is 0 Å². The van der Waals surface area contributed by atoms with Gasteiger partial charge in [-0.3, -0.25) is 4.79 Å². The van der Waals surface area contributed by atoms with Gasteiger partial charge < -0.3 is 30.6 Å². The van der Waals surface area contributed by atoms with Gasteiger partial charge in [0.2, 0.25) is 5.75 Å². The number of para-hydroxylation sites is 2. The molecule has 1 heterocycles. The molecule has 148 valence electrons. The van der Waals surface area contributed by atoms with E-state index < -0.39 is 29.0 Å². The molecule has 3 rings (SSSR count). The van der Waals surface area contributed by atoms with Gasteiger partial charge in [0, 0.05) is 11.3 Å². The summed E-state index contributed by atoms with van der Waals surface area (Å²) >= 11 is 0. The Balaban J connectivity index is 1.84. The second-order valence-corrected chi connectivity index (χ2v) is 5.78. The zero-order valence-corrected chi connectivity index (χ0v) is 15.1. The van der Waals surface area contributed by atoms with Crippen LogP contribution in [-0.2, 0) is 0 Å². The molecule has 2 amide bonds. The SMILES string of the molecule is COc1ccccc1NC(=O)Nc1cccc(-c2nc(C(=O)O)c(O)c(=O)[nH]2)c1. The molecule has 0 bridgehead atoms. The van der Waals surface area contributed by atoms with E-state index in [1.807, 2.05) is 0 Å². The maximum Gasteiger partial charge on any atom is 0.358 e. The van der Waals surface area contributed by atoms with Gasteiger partial charge in [0.25, 0.3) is 5.56 Å². The molecular weight excluding hydrogens is 380 g/mol. The van der Waals surface area contributed by atoms with Gasteiger partial charge in [-0.1, -0.05) is 24.3 Å². The lowest BCUT2D eigenvalue weighted by atomic mass is 10.2. The topological polar surface area (TPSA) is 154 Å². The number of aromatic hydroxyl groups is 1. The summed E-state index contributed by atoms with van der Waals surface area (Å²) in [6, 6.07) is 12.6. The number of methoxy groups -OCH3 is 1. The lowest BCUT2D eigenvalue weighted by molar-refractivity contribution is 0.0686. The van der Waals surface area contributed by atoms with Crippen LogP contribution in [0.1, 0.15) is 10.5 Å². The summed E-state index contributed by atoms with van der Waals surface area (Å²) < 4.78 is 5.17. The van der Waals surface area contributed by atoms with Crippen molar-refractivity contribution in [2.45, 2.75) is 0 Å².